The lowest BCUT2D eigenvalue weighted by atomic mass is 10.2. The van der Waals surface area contributed by atoms with Crippen LogP contribution in [0.1, 0.15) is 28.1 Å². The van der Waals surface area contributed by atoms with E-state index < -0.39 is 0 Å². The van der Waals surface area contributed by atoms with Crippen LogP contribution in [0.25, 0.3) is 0 Å². The summed E-state index contributed by atoms with van der Waals surface area (Å²) >= 11 is 1.37. The third kappa shape index (κ3) is 2.85. The summed E-state index contributed by atoms with van der Waals surface area (Å²) in [5, 5.41) is 3.75. The molecule has 0 spiro atoms. The van der Waals surface area contributed by atoms with Crippen molar-refractivity contribution in [1.29, 1.82) is 0 Å². The number of thiazole rings is 1. The SMILES string of the molecule is Cc1ccccc1NC(=O)c1sc(N2CCCC2)nc1N. The molecule has 1 fully saturated rings. The summed E-state index contributed by atoms with van der Waals surface area (Å²) in [6.07, 6.45) is 2.34. The monoisotopic (exact) mass is 302 g/mol. The van der Waals surface area contributed by atoms with E-state index >= 15 is 0 Å². The number of anilines is 3. The number of amides is 1. The maximum Gasteiger partial charge on any atom is 0.269 e. The number of carbonyl (C=O) groups is 1. The van der Waals surface area contributed by atoms with Crippen molar-refractivity contribution in [1.82, 2.24) is 4.98 Å². The minimum atomic E-state index is -0.190. The van der Waals surface area contributed by atoms with Gasteiger partial charge in [0.15, 0.2) is 5.13 Å². The van der Waals surface area contributed by atoms with Gasteiger partial charge in [-0.25, -0.2) is 4.98 Å². The van der Waals surface area contributed by atoms with Crippen molar-refractivity contribution in [3.63, 3.8) is 0 Å². The smallest absolute Gasteiger partial charge is 0.269 e. The van der Waals surface area contributed by atoms with Crippen LogP contribution >= 0.6 is 11.3 Å². The van der Waals surface area contributed by atoms with E-state index in [4.69, 9.17) is 5.73 Å². The highest BCUT2D eigenvalue weighted by Gasteiger charge is 2.21. The number of hydrogen-bond donors (Lipinski definition) is 2. The second-order valence-electron chi connectivity index (χ2n) is 5.17. The van der Waals surface area contributed by atoms with Crippen molar-refractivity contribution >= 4 is 33.9 Å². The summed E-state index contributed by atoms with van der Waals surface area (Å²) in [5.41, 5.74) is 7.74. The molecule has 21 heavy (non-hydrogen) atoms. The number of nitrogens with zero attached hydrogens (tertiary/aromatic N) is 2. The molecule has 0 aliphatic carbocycles. The van der Waals surface area contributed by atoms with E-state index in [0.29, 0.717) is 10.7 Å². The largest absolute Gasteiger partial charge is 0.382 e. The summed E-state index contributed by atoms with van der Waals surface area (Å²) in [6, 6.07) is 7.68. The van der Waals surface area contributed by atoms with E-state index in [9.17, 15) is 4.79 Å². The number of para-hydroxylation sites is 1. The Bertz CT molecular complexity index is 661. The fraction of sp³-hybridized carbons (Fsp3) is 0.333. The second-order valence-corrected chi connectivity index (χ2v) is 6.15. The maximum atomic E-state index is 12.4. The number of aromatic nitrogens is 1. The first-order valence-electron chi connectivity index (χ1n) is 7.03. The number of carbonyl (C=O) groups excluding carboxylic acids is 1. The molecule has 0 saturated carbocycles. The molecule has 3 rings (SSSR count). The number of nitrogens with one attached hydrogen (secondary N) is 1. The Hall–Kier alpha value is -2.08. The molecule has 1 aliphatic rings. The summed E-state index contributed by atoms with van der Waals surface area (Å²) < 4.78 is 0. The summed E-state index contributed by atoms with van der Waals surface area (Å²) in [6.45, 7) is 3.94. The van der Waals surface area contributed by atoms with Gasteiger partial charge in [0.2, 0.25) is 0 Å². The van der Waals surface area contributed by atoms with Gasteiger partial charge in [0.1, 0.15) is 10.7 Å². The van der Waals surface area contributed by atoms with Crippen molar-refractivity contribution in [2.45, 2.75) is 19.8 Å². The molecule has 1 amide bonds. The van der Waals surface area contributed by atoms with Gasteiger partial charge in [0.05, 0.1) is 0 Å². The number of aryl methyl sites for hydroxylation is 1. The fourth-order valence-corrected chi connectivity index (χ4v) is 3.35. The number of rotatable bonds is 3. The number of nitrogens with two attached hydrogens (primary N) is 1. The van der Waals surface area contributed by atoms with Crippen molar-refractivity contribution in [2.24, 2.45) is 0 Å². The predicted molar refractivity (Wildman–Crippen MR) is 87.1 cm³/mol. The molecule has 1 aromatic carbocycles. The van der Waals surface area contributed by atoms with Crippen LogP contribution in [0.5, 0.6) is 0 Å². The van der Waals surface area contributed by atoms with Crippen LogP contribution in [-0.4, -0.2) is 24.0 Å². The zero-order chi connectivity index (χ0) is 14.8. The van der Waals surface area contributed by atoms with Gasteiger partial charge in [-0.1, -0.05) is 29.5 Å². The second kappa shape index (κ2) is 5.73. The van der Waals surface area contributed by atoms with Crippen molar-refractivity contribution in [2.75, 3.05) is 29.0 Å². The number of nitrogen functional groups attached to an aromatic ring is 1. The highest BCUT2D eigenvalue weighted by atomic mass is 32.1. The minimum absolute atomic E-state index is 0.190. The van der Waals surface area contributed by atoms with Gasteiger partial charge in [-0.15, -0.1) is 0 Å². The third-order valence-corrected chi connectivity index (χ3v) is 4.75. The van der Waals surface area contributed by atoms with E-state index in [-0.39, 0.29) is 5.91 Å². The first-order chi connectivity index (χ1) is 10.1. The lowest BCUT2D eigenvalue weighted by Crippen LogP contribution is -2.17. The molecule has 0 atom stereocenters. The summed E-state index contributed by atoms with van der Waals surface area (Å²) in [7, 11) is 0. The van der Waals surface area contributed by atoms with Gasteiger partial charge in [0.25, 0.3) is 5.91 Å². The van der Waals surface area contributed by atoms with E-state index in [0.717, 1.165) is 29.5 Å². The normalized spacial score (nSPS) is 14.4. The average Bonchev–Trinajstić information content (AvgIpc) is 3.10. The number of hydrogen-bond acceptors (Lipinski definition) is 5. The molecular formula is C15H18N4OS. The zero-order valence-corrected chi connectivity index (χ0v) is 12.7. The van der Waals surface area contributed by atoms with E-state index in [1.807, 2.05) is 31.2 Å². The molecule has 1 aromatic heterocycles. The maximum absolute atomic E-state index is 12.4. The standard InChI is InChI=1S/C15H18N4OS/c1-10-6-2-3-7-11(10)17-14(20)12-13(16)18-15(21-12)19-8-4-5-9-19/h2-3,6-7H,4-5,8-9,16H2,1H3,(H,17,20). The van der Waals surface area contributed by atoms with Crippen molar-refractivity contribution < 1.29 is 4.79 Å². The van der Waals surface area contributed by atoms with Crippen LogP contribution in [0.3, 0.4) is 0 Å². The molecule has 5 nitrogen and oxygen atoms in total. The van der Waals surface area contributed by atoms with Crippen LogP contribution < -0.4 is 16.0 Å². The Balaban J connectivity index is 1.80. The van der Waals surface area contributed by atoms with Gasteiger partial charge in [-0.2, -0.15) is 0 Å². The average molecular weight is 302 g/mol. The van der Waals surface area contributed by atoms with Crippen LogP contribution in [0.2, 0.25) is 0 Å². The molecule has 2 heterocycles. The van der Waals surface area contributed by atoms with Gasteiger partial charge >= 0.3 is 0 Å². The van der Waals surface area contributed by atoms with Crippen LogP contribution in [0.4, 0.5) is 16.6 Å². The lowest BCUT2D eigenvalue weighted by molar-refractivity contribution is 0.103. The molecule has 0 bridgehead atoms. The molecule has 2 aromatic rings. The van der Waals surface area contributed by atoms with E-state index in [2.05, 4.69) is 15.2 Å². The first kappa shape index (κ1) is 13.9. The van der Waals surface area contributed by atoms with E-state index in [1.54, 1.807) is 0 Å². The topological polar surface area (TPSA) is 71.2 Å². The Labute approximate surface area is 127 Å². The molecule has 1 aliphatic heterocycles. The third-order valence-electron chi connectivity index (χ3n) is 3.62. The van der Waals surface area contributed by atoms with Gasteiger partial charge in [-0.3, -0.25) is 4.79 Å². The quantitative estimate of drug-likeness (QED) is 0.914. The van der Waals surface area contributed by atoms with Crippen molar-refractivity contribution in [3.8, 4) is 0 Å². The molecule has 1 saturated heterocycles. The highest BCUT2D eigenvalue weighted by Crippen LogP contribution is 2.31. The number of benzene rings is 1. The Kier molecular flexibility index (Phi) is 3.79. The van der Waals surface area contributed by atoms with Gasteiger partial charge in [-0.05, 0) is 31.4 Å². The zero-order valence-electron chi connectivity index (χ0n) is 11.9. The molecular weight excluding hydrogens is 284 g/mol. The Morgan fingerprint density at radius 3 is 2.76 bits per heavy atom. The molecule has 6 heteroatoms. The lowest BCUT2D eigenvalue weighted by Gasteiger charge is -2.11. The summed E-state index contributed by atoms with van der Waals surface area (Å²) in [5.74, 6) is 0.123. The van der Waals surface area contributed by atoms with Crippen LogP contribution in [-0.2, 0) is 0 Å². The summed E-state index contributed by atoms with van der Waals surface area (Å²) in [4.78, 5) is 19.4. The van der Waals surface area contributed by atoms with Gasteiger partial charge < -0.3 is 16.0 Å². The Morgan fingerprint density at radius 2 is 2.05 bits per heavy atom. The molecule has 110 valence electrons. The fourth-order valence-electron chi connectivity index (χ4n) is 2.42. The molecule has 0 radical (unpaired) electrons. The molecule has 3 N–H and O–H groups in total. The van der Waals surface area contributed by atoms with Crippen LogP contribution in [0, 0.1) is 6.92 Å². The highest BCUT2D eigenvalue weighted by molar-refractivity contribution is 7.18. The van der Waals surface area contributed by atoms with Crippen molar-refractivity contribution in [3.05, 3.63) is 34.7 Å². The first-order valence-corrected chi connectivity index (χ1v) is 7.85. The minimum Gasteiger partial charge on any atom is -0.382 e. The Morgan fingerprint density at radius 1 is 1.33 bits per heavy atom. The van der Waals surface area contributed by atoms with Crippen LogP contribution in [0.15, 0.2) is 24.3 Å². The van der Waals surface area contributed by atoms with Gasteiger partial charge in [0, 0.05) is 18.8 Å². The van der Waals surface area contributed by atoms with E-state index in [1.165, 1.54) is 24.2 Å². The predicted octanol–water partition coefficient (Wildman–Crippen LogP) is 2.89. The molecule has 0 unspecified atom stereocenters.